The Bertz CT molecular complexity index is 1600. The zero-order valence-corrected chi connectivity index (χ0v) is 21.9. The van der Waals surface area contributed by atoms with Crippen molar-refractivity contribution < 1.29 is 26.7 Å². The van der Waals surface area contributed by atoms with Crippen molar-refractivity contribution in [2.45, 2.75) is 42.4 Å². The minimum atomic E-state index is -3.50. The minimum Gasteiger partial charge on any atom is -0.432 e. The van der Waals surface area contributed by atoms with Crippen molar-refractivity contribution in [3.05, 3.63) is 77.8 Å². The third-order valence-electron chi connectivity index (χ3n) is 6.93. The summed E-state index contributed by atoms with van der Waals surface area (Å²) < 4.78 is 61.1. The molecule has 0 saturated carbocycles. The second-order valence-electron chi connectivity index (χ2n) is 9.56. The number of sulfone groups is 1. The number of carbonyl (C=O) groups excluding carboxylic acids is 1. The van der Waals surface area contributed by atoms with Gasteiger partial charge in [0.2, 0.25) is 17.5 Å². The molecule has 12 heteroatoms. The van der Waals surface area contributed by atoms with Crippen LogP contribution < -0.4 is 10.5 Å². The number of H-pyrrole nitrogens is 1. The number of benzene rings is 2. The zero-order valence-electron chi connectivity index (χ0n) is 21.1. The number of hydrogen-bond acceptors (Lipinski definition) is 7. The third kappa shape index (κ3) is 5.34. The Hall–Kier alpha value is -3.90. The Balaban J connectivity index is 1.23. The van der Waals surface area contributed by atoms with E-state index in [1.54, 1.807) is 43.5 Å². The number of aromatic amines is 1. The van der Waals surface area contributed by atoms with Crippen LogP contribution in [0.1, 0.15) is 24.0 Å². The fraction of sp³-hybridized carbons (Fsp3) is 0.296. The standard InChI is InChI=1S/C27H27F2N5O4S/c1-16-14-31-25-23(16)26(33-15-32-25)38-24-20(28)11-17(12-21(24)29)13-22(30)27(35)34-9-7-19(8-10-34)39(36,37)18-5-3-2-4-6-18/h2-6,11-12,14-15,19,22H,7-10,13,30H2,1H3,(H,31,32,33)/t22-/m0/s1. The predicted molar refractivity (Wildman–Crippen MR) is 140 cm³/mol. The molecule has 0 spiro atoms. The van der Waals surface area contributed by atoms with Gasteiger partial charge in [-0.25, -0.2) is 27.2 Å². The number of hydrogen-bond donors (Lipinski definition) is 2. The Kier molecular flexibility index (Phi) is 7.32. The number of likely N-dealkylation sites (tertiary alicyclic amines) is 1. The number of nitrogens with one attached hydrogen (secondary N) is 1. The van der Waals surface area contributed by atoms with Crippen molar-refractivity contribution in [2.24, 2.45) is 5.73 Å². The molecule has 4 aromatic rings. The molecule has 1 fully saturated rings. The van der Waals surface area contributed by atoms with E-state index in [-0.39, 0.29) is 48.7 Å². The third-order valence-corrected chi connectivity index (χ3v) is 9.20. The Morgan fingerprint density at radius 3 is 2.49 bits per heavy atom. The van der Waals surface area contributed by atoms with Crippen molar-refractivity contribution in [1.82, 2.24) is 19.9 Å². The van der Waals surface area contributed by atoms with Gasteiger partial charge in [0.05, 0.1) is 21.6 Å². The fourth-order valence-electron chi connectivity index (χ4n) is 4.85. The SMILES string of the molecule is Cc1c[nH]c2ncnc(Oc3c(F)cc(C[C@H](N)C(=O)N4CCC(S(=O)(=O)c5ccccc5)CC4)cc3F)c12. The molecule has 5 rings (SSSR count). The number of nitrogens with zero attached hydrogens (tertiary/aromatic N) is 3. The molecular weight excluding hydrogens is 528 g/mol. The Morgan fingerprint density at radius 1 is 1.15 bits per heavy atom. The van der Waals surface area contributed by atoms with Gasteiger partial charge in [0.1, 0.15) is 12.0 Å². The van der Waals surface area contributed by atoms with Crippen molar-refractivity contribution in [2.75, 3.05) is 13.1 Å². The molecular formula is C27H27F2N5O4S. The highest BCUT2D eigenvalue weighted by Gasteiger charge is 2.34. The van der Waals surface area contributed by atoms with Gasteiger partial charge in [0.25, 0.3) is 0 Å². The maximum Gasteiger partial charge on any atom is 0.239 e. The van der Waals surface area contributed by atoms with E-state index in [1.807, 2.05) is 0 Å². The second kappa shape index (κ2) is 10.7. The van der Waals surface area contributed by atoms with Crippen LogP contribution in [0.4, 0.5) is 8.78 Å². The van der Waals surface area contributed by atoms with Crippen LogP contribution in [0.5, 0.6) is 11.6 Å². The first-order chi connectivity index (χ1) is 18.6. The number of carbonyl (C=O) groups is 1. The number of amides is 1. The van der Waals surface area contributed by atoms with Crippen LogP contribution >= 0.6 is 0 Å². The molecule has 0 bridgehead atoms. The number of fused-ring (bicyclic) bond motifs is 1. The van der Waals surface area contributed by atoms with E-state index in [9.17, 15) is 22.0 Å². The predicted octanol–water partition coefficient (Wildman–Crippen LogP) is 3.67. The lowest BCUT2D eigenvalue weighted by Gasteiger charge is -2.33. The van der Waals surface area contributed by atoms with Gasteiger partial charge < -0.3 is 20.4 Å². The molecule has 39 heavy (non-hydrogen) atoms. The summed E-state index contributed by atoms with van der Waals surface area (Å²) in [5.41, 5.74) is 7.53. The number of piperidine rings is 1. The Morgan fingerprint density at radius 2 is 1.82 bits per heavy atom. The lowest BCUT2D eigenvalue weighted by molar-refractivity contribution is -0.133. The molecule has 2 aromatic carbocycles. The van der Waals surface area contributed by atoms with Crippen molar-refractivity contribution >= 4 is 26.8 Å². The van der Waals surface area contributed by atoms with Gasteiger partial charge in [-0.05, 0) is 61.6 Å². The molecule has 1 amide bonds. The molecule has 0 aliphatic carbocycles. The molecule has 1 aliphatic heterocycles. The smallest absolute Gasteiger partial charge is 0.239 e. The monoisotopic (exact) mass is 555 g/mol. The molecule has 3 N–H and O–H groups in total. The van der Waals surface area contributed by atoms with E-state index >= 15 is 0 Å². The van der Waals surface area contributed by atoms with Crippen molar-refractivity contribution in [3.8, 4) is 11.6 Å². The number of aromatic nitrogens is 3. The van der Waals surface area contributed by atoms with E-state index in [0.717, 1.165) is 17.7 Å². The summed E-state index contributed by atoms with van der Waals surface area (Å²) in [6.07, 6.45) is 3.36. The summed E-state index contributed by atoms with van der Waals surface area (Å²) in [4.78, 5) is 25.7. The summed E-state index contributed by atoms with van der Waals surface area (Å²) in [7, 11) is -3.50. The molecule has 0 radical (unpaired) electrons. The largest absolute Gasteiger partial charge is 0.432 e. The zero-order chi connectivity index (χ0) is 27.7. The topological polar surface area (TPSA) is 131 Å². The summed E-state index contributed by atoms with van der Waals surface area (Å²) in [6, 6.07) is 9.32. The summed E-state index contributed by atoms with van der Waals surface area (Å²) in [5, 5.41) is -0.0876. The summed E-state index contributed by atoms with van der Waals surface area (Å²) >= 11 is 0. The molecule has 3 heterocycles. The molecule has 9 nitrogen and oxygen atoms in total. The number of rotatable bonds is 7. The first kappa shape index (κ1) is 26.7. The van der Waals surface area contributed by atoms with Crippen molar-refractivity contribution in [1.29, 1.82) is 0 Å². The molecule has 0 unspecified atom stereocenters. The first-order valence-corrected chi connectivity index (χ1v) is 14.0. The molecule has 2 aromatic heterocycles. The van der Waals surface area contributed by atoms with Gasteiger partial charge in [-0.3, -0.25) is 4.79 Å². The van der Waals surface area contributed by atoms with Gasteiger partial charge in [-0.2, -0.15) is 0 Å². The number of aryl methyl sites for hydroxylation is 1. The Labute approximate surface area is 223 Å². The van der Waals surface area contributed by atoms with Crippen LogP contribution in [0.25, 0.3) is 11.0 Å². The maximum absolute atomic E-state index is 14.9. The second-order valence-corrected chi connectivity index (χ2v) is 11.8. The van der Waals surface area contributed by atoms with E-state index in [2.05, 4.69) is 15.0 Å². The number of halogens is 2. The molecule has 1 saturated heterocycles. The van der Waals surface area contributed by atoms with Crippen LogP contribution in [0.15, 0.2) is 59.9 Å². The quantitative estimate of drug-likeness (QED) is 0.356. The van der Waals surface area contributed by atoms with Crippen molar-refractivity contribution in [3.63, 3.8) is 0 Å². The maximum atomic E-state index is 14.9. The van der Waals surface area contributed by atoms with E-state index < -0.39 is 44.4 Å². The average Bonchev–Trinajstić information content (AvgIpc) is 3.32. The minimum absolute atomic E-state index is 0.00820. The van der Waals surface area contributed by atoms with Gasteiger partial charge in [-0.1, -0.05) is 18.2 Å². The number of ether oxygens (including phenoxy) is 1. The lowest BCUT2D eigenvalue weighted by atomic mass is 10.0. The van der Waals surface area contributed by atoms with Crippen LogP contribution in [0.2, 0.25) is 0 Å². The van der Waals surface area contributed by atoms with Gasteiger partial charge >= 0.3 is 0 Å². The van der Waals surface area contributed by atoms with E-state index in [4.69, 9.17) is 10.5 Å². The van der Waals surface area contributed by atoms with Gasteiger partial charge in [0.15, 0.2) is 21.5 Å². The first-order valence-electron chi connectivity index (χ1n) is 12.4. The molecule has 1 aliphatic rings. The molecule has 1 atom stereocenters. The van der Waals surface area contributed by atoms with Gasteiger partial charge in [0, 0.05) is 19.3 Å². The van der Waals surface area contributed by atoms with Crippen LogP contribution in [0, 0.1) is 18.6 Å². The lowest BCUT2D eigenvalue weighted by Crippen LogP contribution is -2.49. The normalized spacial score (nSPS) is 15.4. The molecule has 204 valence electrons. The van der Waals surface area contributed by atoms with Gasteiger partial charge in [-0.15, -0.1) is 0 Å². The highest BCUT2D eigenvalue weighted by atomic mass is 32.2. The average molecular weight is 556 g/mol. The van der Waals surface area contributed by atoms with Crippen LogP contribution in [0.3, 0.4) is 0 Å². The van der Waals surface area contributed by atoms with E-state index in [0.29, 0.717) is 11.0 Å². The number of nitrogens with two attached hydrogens (primary N) is 1. The fourth-order valence-corrected chi connectivity index (χ4v) is 6.60. The highest BCUT2D eigenvalue weighted by molar-refractivity contribution is 7.92. The summed E-state index contributed by atoms with van der Waals surface area (Å²) in [5.74, 6) is -2.94. The highest BCUT2D eigenvalue weighted by Crippen LogP contribution is 2.33. The van der Waals surface area contributed by atoms with Crippen LogP contribution in [-0.4, -0.2) is 58.6 Å². The van der Waals surface area contributed by atoms with Crippen LogP contribution in [-0.2, 0) is 21.1 Å². The van der Waals surface area contributed by atoms with E-state index in [1.165, 1.54) is 11.2 Å². The summed E-state index contributed by atoms with van der Waals surface area (Å²) in [6.45, 7) is 2.24.